The van der Waals surface area contributed by atoms with Crippen molar-refractivity contribution < 1.29 is 52.8 Å². The molecule has 0 spiro atoms. The third-order valence-corrected chi connectivity index (χ3v) is 7.86. The molecule has 1 amide bonds. The van der Waals surface area contributed by atoms with E-state index >= 15 is 0 Å². The number of phosphoric ester groups is 1. The SMILES string of the molecule is CO[C@@H]1[C@H](OC(=O)NC[C@H]2O[C@@H](n3cnc4c(=O)[nH]c(N)nc43)[C@H](O)[C@@H]2O)[C@@H](COP(=O)(O)O)O[C@H]1n1cnc2c(N)ncnc21. The van der Waals surface area contributed by atoms with Gasteiger partial charge in [-0.1, -0.05) is 0 Å². The summed E-state index contributed by atoms with van der Waals surface area (Å²) in [5, 5.41) is 23.7. The molecule has 4 aromatic heterocycles. The number of hydrogen-bond donors (Lipinski definition) is 8. The fraction of sp³-hybridized carbons (Fsp3) is 0.500. The second-order valence-corrected chi connectivity index (χ2v) is 11.4. The Kier molecular flexibility index (Phi) is 8.34. The van der Waals surface area contributed by atoms with Crippen LogP contribution in [0.5, 0.6) is 0 Å². The zero-order chi connectivity index (χ0) is 32.9. The van der Waals surface area contributed by atoms with Gasteiger partial charge in [0.2, 0.25) is 5.95 Å². The van der Waals surface area contributed by atoms with E-state index < -0.39 is 75.2 Å². The van der Waals surface area contributed by atoms with E-state index in [1.54, 1.807) is 0 Å². The first kappa shape index (κ1) is 31.7. The number of H-pyrrole nitrogens is 1. The van der Waals surface area contributed by atoms with E-state index in [1.807, 2.05) is 0 Å². The zero-order valence-corrected chi connectivity index (χ0v) is 24.4. The van der Waals surface area contributed by atoms with Gasteiger partial charge in [-0.15, -0.1) is 0 Å². The monoisotopic (exact) mass is 669 g/mol. The van der Waals surface area contributed by atoms with Gasteiger partial charge in [-0.25, -0.2) is 29.3 Å². The minimum absolute atomic E-state index is 0.00435. The van der Waals surface area contributed by atoms with Crippen LogP contribution in [0.15, 0.2) is 23.8 Å². The summed E-state index contributed by atoms with van der Waals surface area (Å²) in [6.45, 7) is -1.09. The maximum absolute atomic E-state index is 13.0. The minimum atomic E-state index is -4.96. The quantitative estimate of drug-likeness (QED) is 0.0816. The van der Waals surface area contributed by atoms with Gasteiger partial charge in [0.1, 0.15) is 42.4 Å². The first-order chi connectivity index (χ1) is 21.9. The summed E-state index contributed by atoms with van der Waals surface area (Å²) in [5.41, 5.74) is 11.3. The molecule has 0 unspecified atom stereocenters. The molecule has 23 nitrogen and oxygen atoms in total. The van der Waals surface area contributed by atoms with Crippen LogP contribution in [-0.2, 0) is 28.0 Å². The minimum Gasteiger partial charge on any atom is -0.440 e. The Morgan fingerprint density at radius 3 is 2.43 bits per heavy atom. The van der Waals surface area contributed by atoms with Crippen molar-refractivity contribution in [1.29, 1.82) is 0 Å². The third kappa shape index (κ3) is 5.86. The molecule has 0 saturated carbocycles. The molecular formula is C22H28N11O12P. The number of fused-ring (bicyclic) bond motifs is 2. The molecule has 4 aromatic rings. The number of aliphatic hydroxyl groups excluding tert-OH is 2. The molecule has 0 aromatic carbocycles. The number of carbonyl (C=O) groups excluding carboxylic acids is 1. The summed E-state index contributed by atoms with van der Waals surface area (Å²) in [4.78, 5) is 66.1. The summed E-state index contributed by atoms with van der Waals surface area (Å²) in [6, 6.07) is 0. The number of nitrogens with one attached hydrogen (secondary N) is 2. The normalized spacial score (nSPS) is 28.3. The van der Waals surface area contributed by atoms with E-state index in [9.17, 15) is 34.2 Å². The average Bonchev–Trinajstić information content (AvgIpc) is 3.75. The second-order valence-electron chi connectivity index (χ2n) is 10.2. The van der Waals surface area contributed by atoms with Crippen molar-refractivity contribution in [3.63, 3.8) is 0 Å². The molecule has 6 heterocycles. The molecule has 10 N–H and O–H groups in total. The van der Waals surface area contributed by atoms with E-state index in [0.717, 1.165) is 0 Å². The van der Waals surface area contributed by atoms with E-state index in [0.29, 0.717) is 0 Å². The Balaban J connectivity index is 1.17. The molecule has 6 rings (SSSR count). The lowest BCUT2D eigenvalue weighted by Gasteiger charge is -2.24. The van der Waals surface area contributed by atoms with Crippen molar-refractivity contribution in [2.75, 3.05) is 31.7 Å². The van der Waals surface area contributed by atoms with E-state index in [4.69, 9.17) is 30.4 Å². The second kappa shape index (κ2) is 12.1. The molecular weight excluding hydrogens is 641 g/mol. The Morgan fingerprint density at radius 1 is 1.02 bits per heavy atom. The number of nitrogens with two attached hydrogens (primary N) is 2. The van der Waals surface area contributed by atoms with E-state index in [-0.39, 0.29) is 40.6 Å². The summed E-state index contributed by atoms with van der Waals surface area (Å²) >= 11 is 0. The highest BCUT2D eigenvalue weighted by Crippen LogP contribution is 2.40. The van der Waals surface area contributed by atoms with Crippen molar-refractivity contribution in [3.8, 4) is 0 Å². The summed E-state index contributed by atoms with van der Waals surface area (Å²) < 4.78 is 41.6. The van der Waals surface area contributed by atoms with Gasteiger partial charge in [0.15, 0.2) is 41.2 Å². The number of imidazole rings is 2. The van der Waals surface area contributed by atoms with Gasteiger partial charge in [-0.3, -0.25) is 23.4 Å². The van der Waals surface area contributed by atoms with Gasteiger partial charge in [0, 0.05) is 13.7 Å². The number of aliphatic hydroxyl groups is 2. The van der Waals surface area contributed by atoms with Crippen molar-refractivity contribution in [1.82, 2.24) is 44.4 Å². The molecule has 2 saturated heterocycles. The average molecular weight is 670 g/mol. The van der Waals surface area contributed by atoms with E-state index in [2.05, 4.69) is 39.7 Å². The number of phosphoric acid groups is 1. The van der Waals surface area contributed by atoms with Crippen LogP contribution in [-0.4, -0.2) is 122 Å². The van der Waals surface area contributed by atoms with Crippen LogP contribution in [0.2, 0.25) is 0 Å². The third-order valence-electron chi connectivity index (χ3n) is 7.38. The largest absolute Gasteiger partial charge is 0.469 e. The number of alkyl carbamates (subject to hydrolysis) is 1. The number of carbonyl (C=O) groups is 1. The van der Waals surface area contributed by atoms with Crippen LogP contribution in [0.1, 0.15) is 12.5 Å². The predicted octanol–water partition coefficient (Wildman–Crippen LogP) is -3.14. The van der Waals surface area contributed by atoms with Crippen molar-refractivity contribution >= 4 is 48.0 Å². The fourth-order valence-corrected chi connectivity index (χ4v) is 5.63. The number of amides is 1. The number of ether oxygens (including phenoxy) is 4. The Labute approximate surface area is 255 Å². The van der Waals surface area contributed by atoms with Gasteiger partial charge in [-0.2, -0.15) is 4.98 Å². The smallest absolute Gasteiger partial charge is 0.440 e. The fourth-order valence-electron chi connectivity index (χ4n) is 5.29. The predicted molar refractivity (Wildman–Crippen MR) is 149 cm³/mol. The summed E-state index contributed by atoms with van der Waals surface area (Å²) in [6.07, 6.45) is -7.55. The highest BCUT2D eigenvalue weighted by molar-refractivity contribution is 7.46. The standard InChI is InChI=1S/C22H28N11O12P/c1-41-14-13(8(3-42-46(38,39)40)44-20(14)32-5-28-9-15(23)26-4-27-16(9)32)45-22(37)25-2-7-11(34)12(35)19(43-7)33-6-29-10-17(33)30-21(24)31-18(10)36/h4-8,11-14,19-20,34-35H,2-3H2,1H3,(H,25,37)(H2,23,26,27)(H2,38,39,40)(H3,24,30,31,36)/t7-,8-,11-,12-,13-,14-,19-,20-/m1/s1. The van der Waals surface area contributed by atoms with Crippen LogP contribution in [0, 0.1) is 0 Å². The van der Waals surface area contributed by atoms with Gasteiger partial charge in [-0.05, 0) is 0 Å². The van der Waals surface area contributed by atoms with Crippen LogP contribution in [0.4, 0.5) is 16.6 Å². The lowest BCUT2D eigenvalue weighted by Crippen LogP contribution is -2.44. The molecule has 2 aliphatic heterocycles. The number of anilines is 2. The number of nitrogen functional groups attached to an aromatic ring is 2. The molecule has 0 aliphatic carbocycles. The first-order valence-electron chi connectivity index (χ1n) is 13.4. The number of nitrogens with zero attached hydrogens (tertiary/aromatic N) is 7. The number of hydrogen-bond acceptors (Lipinski definition) is 17. The first-order valence-corrected chi connectivity index (χ1v) is 14.9. The topological polar surface area (TPSA) is 332 Å². The molecule has 46 heavy (non-hydrogen) atoms. The molecule has 2 fully saturated rings. The Morgan fingerprint density at radius 2 is 1.72 bits per heavy atom. The maximum atomic E-state index is 13.0. The number of rotatable bonds is 9. The molecule has 0 bridgehead atoms. The lowest BCUT2D eigenvalue weighted by atomic mass is 10.1. The molecule has 248 valence electrons. The van der Waals surface area contributed by atoms with Crippen LogP contribution in [0.3, 0.4) is 0 Å². The zero-order valence-electron chi connectivity index (χ0n) is 23.6. The molecule has 2 aliphatic rings. The Hall–Kier alpha value is -4.32. The van der Waals surface area contributed by atoms with E-state index in [1.165, 1.54) is 35.2 Å². The Bertz CT molecular complexity index is 1860. The van der Waals surface area contributed by atoms with Crippen molar-refractivity contribution in [2.45, 2.75) is 49.1 Å². The van der Waals surface area contributed by atoms with Gasteiger partial charge in [0.05, 0.1) is 19.3 Å². The van der Waals surface area contributed by atoms with Crippen LogP contribution < -0.4 is 22.3 Å². The highest BCUT2D eigenvalue weighted by atomic mass is 31.2. The molecule has 8 atom stereocenters. The summed E-state index contributed by atoms with van der Waals surface area (Å²) in [5.74, 6) is -0.118. The molecule has 24 heteroatoms. The lowest BCUT2D eigenvalue weighted by molar-refractivity contribution is -0.0578. The van der Waals surface area contributed by atoms with Gasteiger partial charge < -0.3 is 55.7 Å². The van der Waals surface area contributed by atoms with Crippen molar-refractivity contribution in [2.24, 2.45) is 0 Å². The number of aromatic amines is 1. The van der Waals surface area contributed by atoms with Gasteiger partial charge >= 0.3 is 13.9 Å². The number of methoxy groups -OCH3 is 1. The van der Waals surface area contributed by atoms with Gasteiger partial charge in [0.25, 0.3) is 5.56 Å². The highest BCUT2D eigenvalue weighted by Gasteiger charge is 2.50. The van der Waals surface area contributed by atoms with Crippen LogP contribution >= 0.6 is 7.82 Å². The molecule has 0 radical (unpaired) electrons. The maximum Gasteiger partial charge on any atom is 0.469 e. The summed E-state index contributed by atoms with van der Waals surface area (Å²) in [7, 11) is -3.66. The van der Waals surface area contributed by atoms with Crippen LogP contribution in [0.25, 0.3) is 22.3 Å². The number of aromatic nitrogens is 8. The van der Waals surface area contributed by atoms with Crippen molar-refractivity contribution in [3.05, 3.63) is 29.3 Å².